The maximum atomic E-state index is 12.3. The molecular weight excluding hydrogens is 530 g/mol. The number of nitrogens with one attached hydrogen (secondary N) is 1. The van der Waals surface area contributed by atoms with Gasteiger partial charge in [-0.15, -0.1) is 0 Å². The first-order chi connectivity index (χ1) is 14.6. The summed E-state index contributed by atoms with van der Waals surface area (Å²) in [7, 11) is 0. The van der Waals surface area contributed by atoms with Crippen molar-refractivity contribution in [3.8, 4) is 11.5 Å². The third-order valence-electron chi connectivity index (χ3n) is 4.79. The van der Waals surface area contributed by atoms with Gasteiger partial charge in [-0.05, 0) is 89.4 Å². The van der Waals surface area contributed by atoms with Crippen LogP contribution < -0.4 is 10.1 Å². The summed E-state index contributed by atoms with van der Waals surface area (Å²) in [6.45, 7) is 7.71. The molecule has 0 spiro atoms. The van der Waals surface area contributed by atoms with E-state index in [2.05, 4.69) is 63.0 Å². The molecule has 0 fully saturated rings. The van der Waals surface area contributed by atoms with Crippen molar-refractivity contribution >= 4 is 54.6 Å². The van der Waals surface area contributed by atoms with Crippen LogP contribution in [-0.4, -0.2) is 32.8 Å². The highest BCUT2D eigenvalue weighted by atomic mass is 79.9. The van der Waals surface area contributed by atoms with Crippen LogP contribution in [0.3, 0.4) is 0 Å². The Balaban J connectivity index is 1.91. The Morgan fingerprint density at radius 2 is 1.81 bits per heavy atom. The normalized spacial score (nSPS) is 12.2. The lowest BCUT2D eigenvalue weighted by Gasteiger charge is -2.14. The van der Waals surface area contributed by atoms with E-state index < -0.39 is 17.9 Å². The standard InChI is InChI=1S/C22H23Br2N3O4/c1-5-19-15-10-14(6-7-18(15)26-27(19)11(2)3)31-20-16(23)8-13(9-17(20)24)21(28)25-12(4)22(29)30/h6-12H,5H2,1-4H3,(H,25,28)(H,29,30). The minimum atomic E-state index is -1.10. The monoisotopic (exact) mass is 551 g/mol. The summed E-state index contributed by atoms with van der Waals surface area (Å²) in [6.07, 6.45) is 0.851. The zero-order chi connectivity index (χ0) is 22.9. The number of carbonyl (C=O) groups excluding carboxylic acids is 1. The third-order valence-corrected chi connectivity index (χ3v) is 5.97. The fourth-order valence-electron chi connectivity index (χ4n) is 3.22. The molecule has 1 atom stereocenters. The molecule has 1 heterocycles. The van der Waals surface area contributed by atoms with Crippen LogP contribution in [0.1, 0.15) is 49.8 Å². The molecule has 0 radical (unpaired) electrons. The summed E-state index contributed by atoms with van der Waals surface area (Å²) in [5.74, 6) is -0.438. The summed E-state index contributed by atoms with van der Waals surface area (Å²) in [5, 5.41) is 17.1. The fraction of sp³-hybridized carbons (Fsp3) is 0.318. The lowest BCUT2D eigenvalue weighted by Crippen LogP contribution is -2.38. The number of aliphatic carboxylic acids is 1. The van der Waals surface area contributed by atoms with Crippen molar-refractivity contribution in [2.24, 2.45) is 0 Å². The van der Waals surface area contributed by atoms with Crippen molar-refractivity contribution in [2.75, 3.05) is 0 Å². The van der Waals surface area contributed by atoms with Gasteiger partial charge in [0.1, 0.15) is 11.8 Å². The molecule has 31 heavy (non-hydrogen) atoms. The van der Waals surface area contributed by atoms with E-state index in [4.69, 9.17) is 9.84 Å². The van der Waals surface area contributed by atoms with E-state index in [-0.39, 0.29) is 6.04 Å². The van der Waals surface area contributed by atoms with Gasteiger partial charge in [0.25, 0.3) is 5.91 Å². The van der Waals surface area contributed by atoms with E-state index in [1.807, 2.05) is 22.9 Å². The van der Waals surface area contributed by atoms with Crippen LogP contribution >= 0.6 is 31.9 Å². The van der Waals surface area contributed by atoms with Gasteiger partial charge in [-0.1, -0.05) is 6.92 Å². The molecule has 9 heteroatoms. The number of rotatable bonds is 7. The number of amides is 1. The van der Waals surface area contributed by atoms with Crippen LogP contribution in [0.15, 0.2) is 39.3 Å². The van der Waals surface area contributed by atoms with E-state index in [0.29, 0.717) is 26.0 Å². The molecule has 0 aliphatic carbocycles. The number of nitrogens with zero attached hydrogens (tertiary/aromatic N) is 2. The van der Waals surface area contributed by atoms with E-state index >= 15 is 0 Å². The fourth-order valence-corrected chi connectivity index (χ4v) is 4.57. The number of aromatic nitrogens is 2. The number of carboxylic acid groups (broad SMARTS) is 1. The molecule has 0 saturated carbocycles. The Labute approximate surface area is 197 Å². The lowest BCUT2D eigenvalue weighted by molar-refractivity contribution is -0.138. The van der Waals surface area contributed by atoms with Crippen LogP contribution in [0, 0.1) is 0 Å². The molecule has 1 amide bonds. The highest BCUT2D eigenvalue weighted by molar-refractivity contribution is 9.11. The molecule has 0 bridgehead atoms. The smallest absolute Gasteiger partial charge is 0.325 e. The number of ether oxygens (including phenoxy) is 1. The molecular formula is C22H23Br2N3O4. The average molecular weight is 553 g/mol. The second-order valence-corrected chi connectivity index (χ2v) is 9.13. The number of aryl methyl sites for hydroxylation is 1. The van der Waals surface area contributed by atoms with Crippen LogP contribution in [0.4, 0.5) is 0 Å². The summed E-state index contributed by atoms with van der Waals surface area (Å²) >= 11 is 6.90. The van der Waals surface area contributed by atoms with Crippen molar-refractivity contribution in [1.82, 2.24) is 15.1 Å². The Bertz CT molecular complexity index is 1130. The third kappa shape index (κ3) is 4.93. The molecule has 0 aliphatic rings. The van der Waals surface area contributed by atoms with E-state index in [1.54, 1.807) is 12.1 Å². The first-order valence-corrected chi connectivity index (χ1v) is 11.4. The van der Waals surface area contributed by atoms with Crippen molar-refractivity contribution in [3.63, 3.8) is 0 Å². The van der Waals surface area contributed by atoms with Crippen molar-refractivity contribution < 1.29 is 19.4 Å². The predicted molar refractivity (Wildman–Crippen MR) is 126 cm³/mol. The number of carbonyl (C=O) groups is 2. The van der Waals surface area contributed by atoms with Gasteiger partial charge in [-0.3, -0.25) is 14.3 Å². The molecule has 1 aromatic heterocycles. The van der Waals surface area contributed by atoms with Gasteiger partial charge in [-0.2, -0.15) is 5.10 Å². The molecule has 164 valence electrons. The first kappa shape index (κ1) is 23.3. The predicted octanol–water partition coefficient (Wildman–Crippen LogP) is 5.70. The van der Waals surface area contributed by atoms with Crippen LogP contribution in [0.5, 0.6) is 11.5 Å². The van der Waals surface area contributed by atoms with Gasteiger partial charge < -0.3 is 15.2 Å². The van der Waals surface area contributed by atoms with Crippen molar-refractivity contribution in [1.29, 1.82) is 0 Å². The maximum Gasteiger partial charge on any atom is 0.325 e. The highest BCUT2D eigenvalue weighted by Crippen LogP contribution is 2.39. The van der Waals surface area contributed by atoms with Crippen LogP contribution in [0.25, 0.3) is 10.9 Å². The summed E-state index contributed by atoms with van der Waals surface area (Å²) in [4.78, 5) is 23.3. The van der Waals surface area contributed by atoms with Crippen molar-refractivity contribution in [3.05, 3.63) is 50.5 Å². The van der Waals surface area contributed by atoms with Gasteiger partial charge in [-0.25, -0.2) is 0 Å². The zero-order valence-corrected chi connectivity index (χ0v) is 20.7. The van der Waals surface area contributed by atoms with E-state index in [1.165, 1.54) is 6.92 Å². The molecule has 1 unspecified atom stereocenters. The Morgan fingerprint density at radius 3 is 2.35 bits per heavy atom. The number of benzene rings is 2. The van der Waals surface area contributed by atoms with E-state index in [9.17, 15) is 9.59 Å². The van der Waals surface area contributed by atoms with Gasteiger partial charge in [0.05, 0.1) is 14.5 Å². The summed E-state index contributed by atoms with van der Waals surface area (Å²) in [5.41, 5.74) is 2.37. The SMILES string of the molecule is CCc1c2cc(Oc3c(Br)cc(C(=O)NC(C)C(=O)O)cc3Br)ccc2nn1C(C)C. The Morgan fingerprint density at radius 1 is 1.16 bits per heavy atom. The lowest BCUT2D eigenvalue weighted by atomic mass is 10.1. The van der Waals surface area contributed by atoms with E-state index in [0.717, 1.165) is 23.0 Å². The topological polar surface area (TPSA) is 93.4 Å². The van der Waals surface area contributed by atoms with Crippen LogP contribution in [-0.2, 0) is 11.2 Å². The Kier molecular flexibility index (Phi) is 7.06. The number of fused-ring (bicyclic) bond motifs is 1. The van der Waals surface area contributed by atoms with Gasteiger partial charge >= 0.3 is 5.97 Å². The maximum absolute atomic E-state index is 12.3. The number of halogens is 2. The molecule has 2 aromatic carbocycles. The minimum Gasteiger partial charge on any atom is -0.480 e. The number of carboxylic acids is 1. The van der Waals surface area contributed by atoms with Gasteiger partial charge in [0.2, 0.25) is 0 Å². The van der Waals surface area contributed by atoms with Crippen molar-refractivity contribution in [2.45, 2.75) is 46.2 Å². The second kappa shape index (κ2) is 9.40. The molecule has 3 rings (SSSR count). The van der Waals surface area contributed by atoms with Gasteiger partial charge in [0.15, 0.2) is 5.75 Å². The average Bonchev–Trinajstić information content (AvgIpc) is 3.08. The summed E-state index contributed by atoms with van der Waals surface area (Å²) < 4.78 is 9.27. The molecule has 7 nitrogen and oxygen atoms in total. The largest absolute Gasteiger partial charge is 0.480 e. The highest BCUT2D eigenvalue weighted by Gasteiger charge is 2.19. The minimum absolute atomic E-state index is 0.262. The summed E-state index contributed by atoms with van der Waals surface area (Å²) in [6, 6.07) is 8.21. The van der Waals surface area contributed by atoms with Crippen LogP contribution in [0.2, 0.25) is 0 Å². The molecule has 0 saturated heterocycles. The molecule has 3 aromatic rings. The molecule has 2 N–H and O–H groups in total. The number of hydrogen-bond acceptors (Lipinski definition) is 4. The van der Waals surface area contributed by atoms with Gasteiger partial charge in [0, 0.05) is 22.7 Å². The zero-order valence-electron chi connectivity index (χ0n) is 17.6. The Hall–Kier alpha value is -2.39. The first-order valence-electron chi connectivity index (χ1n) is 9.84. The quantitative estimate of drug-likeness (QED) is 0.392. The molecule has 0 aliphatic heterocycles. The number of hydrogen-bond donors (Lipinski definition) is 2. The second-order valence-electron chi connectivity index (χ2n) is 7.42.